The second-order valence-corrected chi connectivity index (χ2v) is 6.27. The maximum Gasteiger partial charge on any atom is 0.121 e. The molecule has 0 aromatic heterocycles. The van der Waals surface area contributed by atoms with Gasteiger partial charge in [-0.15, -0.1) is 0 Å². The Hall–Kier alpha value is -1.67. The van der Waals surface area contributed by atoms with Crippen molar-refractivity contribution in [2.24, 2.45) is 0 Å². The van der Waals surface area contributed by atoms with Crippen LogP contribution >= 0.6 is 0 Å². The van der Waals surface area contributed by atoms with E-state index in [1.165, 1.54) is 11.1 Å². The molecule has 2 heteroatoms. The van der Waals surface area contributed by atoms with E-state index in [0.717, 1.165) is 13.0 Å². The predicted molar refractivity (Wildman–Crippen MR) is 84.8 cm³/mol. The Balaban J connectivity index is 1.84. The molecule has 1 saturated heterocycles. The summed E-state index contributed by atoms with van der Waals surface area (Å²) in [6.07, 6.45) is 1.52. The average molecular weight is 283 g/mol. The van der Waals surface area contributed by atoms with Gasteiger partial charge in [0.1, 0.15) is 5.67 Å². The zero-order valence-corrected chi connectivity index (χ0v) is 12.5. The number of piperidine rings is 1. The van der Waals surface area contributed by atoms with Crippen molar-refractivity contribution in [2.75, 3.05) is 6.54 Å². The van der Waals surface area contributed by atoms with Crippen LogP contribution in [0.15, 0.2) is 60.7 Å². The number of benzene rings is 2. The van der Waals surface area contributed by atoms with Crippen molar-refractivity contribution < 1.29 is 4.39 Å². The van der Waals surface area contributed by atoms with Crippen LogP contribution in [0.5, 0.6) is 0 Å². The monoisotopic (exact) mass is 283 g/mol. The Labute approximate surface area is 126 Å². The Kier molecular flexibility index (Phi) is 4.07. The number of nitrogens with zero attached hydrogens (tertiary/aromatic N) is 1. The van der Waals surface area contributed by atoms with Crippen LogP contribution < -0.4 is 0 Å². The summed E-state index contributed by atoms with van der Waals surface area (Å²) >= 11 is 0. The van der Waals surface area contributed by atoms with Gasteiger partial charge in [-0.25, -0.2) is 4.39 Å². The van der Waals surface area contributed by atoms with E-state index in [-0.39, 0.29) is 0 Å². The second-order valence-electron chi connectivity index (χ2n) is 6.27. The zero-order chi connectivity index (χ0) is 14.7. The van der Waals surface area contributed by atoms with Gasteiger partial charge in [-0.2, -0.15) is 0 Å². The quantitative estimate of drug-likeness (QED) is 0.785. The number of rotatable bonds is 3. The number of likely N-dealkylation sites (tertiary alicyclic amines) is 1. The highest BCUT2D eigenvalue weighted by Crippen LogP contribution is 2.37. The van der Waals surface area contributed by atoms with Gasteiger partial charge in [0, 0.05) is 19.1 Å². The zero-order valence-electron chi connectivity index (χ0n) is 12.5. The molecular formula is C19H22FN. The van der Waals surface area contributed by atoms with E-state index in [4.69, 9.17) is 0 Å². The van der Waals surface area contributed by atoms with E-state index < -0.39 is 5.67 Å². The van der Waals surface area contributed by atoms with Gasteiger partial charge in [0.2, 0.25) is 0 Å². The minimum absolute atomic E-state index is 0.315. The van der Waals surface area contributed by atoms with Crippen molar-refractivity contribution in [3.8, 4) is 0 Å². The average Bonchev–Trinajstić information content (AvgIpc) is 2.48. The lowest BCUT2D eigenvalue weighted by molar-refractivity contribution is 0.0171. The molecule has 1 aliphatic rings. The number of alkyl halides is 1. The fourth-order valence-electron chi connectivity index (χ4n) is 3.27. The van der Waals surface area contributed by atoms with E-state index >= 15 is 0 Å². The fraction of sp³-hybridized carbons (Fsp3) is 0.368. The number of hydrogen-bond donors (Lipinski definition) is 0. The molecule has 2 atom stereocenters. The normalized spacial score (nSPS) is 26.7. The SMILES string of the molecule is C[C@@]1(F)CC[C@H](c2ccccc2)N(Cc2ccccc2)C1. The molecule has 1 fully saturated rings. The molecule has 1 heterocycles. The standard InChI is InChI=1S/C19H22FN/c1-19(20)13-12-18(17-10-6-3-7-11-17)21(15-19)14-16-8-4-2-5-9-16/h2-11,18H,12-15H2,1H3/t18-,19-/m1/s1. The first-order valence-electron chi connectivity index (χ1n) is 7.66. The van der Waals surface area contributed by atoms with Gasteiger partial charge in [-0.05, 0) is 30.9 Å². The van der Waals surface area contributed by atoms with E-state index in [0.29, 0.717) is 19.0 Å². The summed E-state index contributed by atoms with van der Waals surface area (Å²) in [5, 5.41) is 0. The molecule has 0 radical (unpaired) electrons. The molecule has 1 nitrogen and oxygen atoms in total. The van der Waals surface area contributed by atoms with Crippen LogP contribution in [-0.4, -0.2) is 17.1 Å². The third-order valence-electron chi connectivity index (χ3n) is 4.33. The van der Waals surface area contributed by atoms with Crippen LogP contribution in [0.1, 0.15) is 36.9 Å². The molecule has 3 rings (SSSR count). The van der Waals surface area contributed by atoms with Crippen LogP contribution in [0.3, 0.4) is 0 Å². The Bertz CT molecular complexity index is 565. The molecule has 2 aromatic carbocycles. The summed E-state index contributed by atoms with van der Waals surface area (Å²) in [5.41, 5.74) is 1.46. The highest BCUT2D eigenvalue weighted by Gasteiger charge is 2.36. The molecule has 21 heavy (non-hydrogen) atoms. The third-order valence-corrected chi connectivity index (χ3v) is 4.33. The van der Waals surface area contributed by atoms with Gasteiger partial charge in [0.15, 0.2) is 0 Å². The Morgan fingerprint density at radius 2 is 1.67 bits per heavy atom. The molecule has 2 aromatic rings. The molecule has 0 saturated carbocycles. The summed E-state index contributed by atoms with van der Waals surface area (Å²) in [4.78, 5) is 2.29. The van der Waals surface area contributed by atoms with Crippen molar-refractivity contribution in [1.29, 1.82) is 0 Å². The van der Waals surface area contributed by atoms with Gasteiger partial charge >= 0.3 is 0 Å². The predicted octanol–water partition coefficient (Wildman–Crippen LogP) is 4.75. The summed E-state index contributed by atoms with van der Waals surface area (Å²) < 4.78 is 14.5. The molecule has 110 valence electrons. The smallest absolute Gasteiger partial charge is 0.121 e. The Morgan fingerprint density at radius 1 is 1.05 bits per heavy atom. The molecule has 0 bridgehead atoms. The maximum absolute atomic E-state index is 14.5. The molecular weight excluding hydrogens is 261 g/mol. The fourth-order valence-corrected chi connectivity index (χ4v) is 3.27. The maximum atomic E-state index is 14.5. The van der Waals surface area contributed by atoms with Crippen LogP contribution in [-0.2, 0) is 6.54 Å². The first kappa shape index (κ1) is 14.3. The minimum atomic E-state index is -1.08. The van der Waals surface area contributed by atoms with Crippen molar-refractivity contribution in [3.63, 3.8) is 0 Å². The lowest BCUT2D eigenvalue weighted by atomic mass is 9.87. The van der Waals surface area contributed by atoms with Gasteiger partial charge in [-0.1, -0.05) is 60.7 Å². The molecule has 0 unspecified atom stereocenters. The van der Waals surface area contributed by atoms with E-state index in [1.54, 1.807) is 6.92 Å². The van der Waals surface area contributed by atoms with Crippen molar-refractivity contribution in [3.05, 3.63) is 71.8 Å². The molecule has 0 aliphatic carbocycles. The lowest BCUT2D eigenvalue weighted by Crippen LogP contribution is -2.44. The van der Waals surface area contributed by atoms with E-state index in [1.807, 2.05) is 24.3 Å². The van der Waals surface area contributed by atoms with Crippen LogP contribution in [0.4, 0.5) is 4.39 Å². The van der Waals surface area contributed by atoms with Crippen molar-refractivity contribution in [2.45, 2.75) is 38.0 Å². The minimum Gasteiger partial charge on any atom is -0.289 e. The van der Waals surface area contributed by atoms with Crippen molar-refractivity contribution >= 4 is 0 Å². The van der Waals surface area contributed by atoms with E-state index in [2.05, 4.69) is 41.3 Å². The van der Waals surface area contributed by atoms with Crippen LogP contribution in [0.2, 0.25) is 0 Å². The first-order valence-corrected chi connectivity index (χ1v) is 7.66. The number of halogens is 1. The lowest BCUT2D eigenvalue weighted by Gasteiger charge is -2.42. The van der Waals surface area contributed by atoms with E-state index in [9.17, 15) is 4.39 Å². The highest BCUT2D eigenvalue weighted by molar-refractivity contribution is 5.21. The molecule has 0 N–H and O–H groups in total. The third kappa shape index (κ3) is 3.51. The van der Waals surface area contributed by atoms with Gasteiger partial charge in [0.25, 0.3) is 0 Å². The Morgan fingerprint density at radius 3 is 2.33 bits per heavy atom. The highest BCUT2D eigenvalue weighted by atomic mass is 19.1. The topological polar surface area (TPSA) is 3.24 Å². The van der Waals surface area contributed by atoms with Gasteiger partial charge in [-0.3, -0.25) is 4.90 Å². The van der Waals surface area contributed by atoms with Crippen LogP contribution in [0.25, 0.3) is 0 Å². The number of hydrogen-bond acceptors (Lipinski definition) is 1. The molecule has 0 amide bonds. The van der Waals surface area contributed by atoms with Gasteiger partial charge < -0.3 is 0 Å². The molecule has 0 spiro atoms. The summed E-state index contributed by atoms with van der Waals surface area (Å²) in [7, 11) is 0. The summed E-state index contributed by atoms with van der Waals surface area (Å²) in [6, 6.07) is 21.2. The largest absolute Gasteiger partial charge is 0.289 e. The first-order chi connectivity index (χ1) is 10.1. The van der Waals surface area contributed by atoms with Crippen LogP contribution in [0, 0.1) is 0 Å². The summed E-state index contributed by atoms with van der Waals surface area (Å²) in [5.74, 6) is 0. The second kappa shape index (κ2) is 5.98. The van der Waals surface area contributed by atoms with Gasteiger partial charge in [0.05, 0.1) is 0 Å². The molecule has 1 aliphatic heterocycles. The summed E-state index contributed by atoms with van der Waals surface area (Å²) in [6.45, 7) is 3.04. The van der Waals surface area contributed by atoms with Crippen molar-refractivity contribution in [1.82, 2.24) is 4.90 Å².